The monoisotopic (exact) mass is 368 g/mol. The number of phenolic OH excluding ortho intramolecular Hbond substituents is 1. The molecule has 2 aromatic rings. The Morgan fingerprint density at radius 3 is 1.72 bits per heavy atom. The zero-order valence-corrected chi connectivity index (χ0v) is 13.7. The molecule has 94 valence electrons. The minimum absolute atomic E-state index is 0.237. The molecule has 0 saturated heterocycles. The van der Waals surface area contributed by atoms with E-state index in [9.17, 15) is 5.11 Å². The maximum absolute atomic E-state index is 9.77. The van der Waals surface area contributed by atoms with Crippen LogP contribution in [-0.2, 0) is 0 Å². The number of hydrogen-bond donors (Lipinski definition) is 1. The Hall–Kier alpha value is -0.800. The van der Waals surface area contributed by atoms with Crippen molar-refractivity contribution in [1.29, 1.82) is 0 Å². The summed E-state index contributed by atoms with van der Waals surface area (Å²) in [7, 11) is 0. The maximum Gasteiger partial charge on any atom is 0.143 e. The number of phenols is 1. The fourth-order valence-corrected chi connectivity index (χ4v) is 3.53. The van der Waals surface area contributed by atoms with E-state index in [2.05, 4.69) is 64.8 Å². The normalized spacial score (nSPS) is 10.7. The van der Waals surface area contributed by atoms with Crippen LogP contribution in [0.25, 0.3) is 11.1 Å². The molecule has 0 heterocycles. The summed E-state index contributed by atoms with van der Waals surface area (Å²) < 4.78 is 1.40. The van der Waals surface area contributed by atoms with Crippen LogP contribution in [0.5, 0.6) is 5.75 Å². The number of halogens is 2. The zero-order valence-electron chi connectivity index (χ0n) is 10.5. The van der Waals surface area contributed by atoms with Gasteiger partial charge in [0.05, 0.1) is 8.95 Å². The lowest BCUT2D eigenvalue weighted by Gasteiger charge is -2.13. The first-order valence-electron chi connectivity index (χ1n) is 5.66. The van der Waals surface area contributed by atoms with Crippen LogP contribution in [0.1, 0.15) is 16.7 Å². The van der Waals surface area contributed by atoms with Crippen molar-refractivity contribution in [2.75, 3.05) is 0 Å². The van der Waals surface area contributed by atoms with Gasteiger partial charge in [0.2, 0.25) is 0 Å². The van der Waals surface area contributed by atoms with Gasteiger partial charge in [0.25, 0.3) is 0 Å². The zero-order chi connectivity index (χ0) is 13.4. The molecule has 18 heavy (non-hydrogen) atoms. The molecule has 0 amide bonds. The van der Waals surface area contributed by atoms with Crippen molar-refractivity contribution < 1.29 is 5.11 Å². The second-order valence-corrected chi connectivity index (χ2v) is 6.27. The number of benzene rings is 2. The van der Waals surface area contributed by atoms with Gasteiger partial charge in [-0.25, -0.2) is 0 Å². The Bertz CT molecular complexity index is 572. The molecule has 0 fully saturated rings. The SMILES string of the molecule is Cc1cc(C)c(-c2cc(Br)c(O)c(Br)c2)c(C)c1. The van der Waals surface area contributed by atoms with E-state index in [0.717, 1.165) is 5.56 Å². The first kappa shape index (κ1) is 13.6. The summed E-state index contributed by atoms with van der Waals surface area (Å²) in [5, 5.41) is 9.77. The number of hydrogen-bond acceptors (Lipinski definition) is 1. The summed E-state index contributed by atoms with van der Waals surface area (Å²) in [6, 6.07) is 8.25. The highest BCUT2D eigenvalue weighted by molar-refractivity contribution is 9.11. The van der Waals surface area contributed by atoms with Crippen LogP contribution in [0.15, 0.2) is 33.2 Å². The lowest BCUT2D eigenvalue weighted by Crippen LogP contribution is -1.90. The quantitative estimate of drug-likeness (QED) is 0.702. The molecule has 1 N–H and O–H groups in total. The lowest BCUT2D eigenvalue weighted by molar-refractivity contribution is 0.468. The third kappa shape index (κ3) is 2.47. The molecule has 0 aliphatic rings. The van der Waals surface area contributed by atoms with Gasteiger partial charge in [0.1, 0.15) is 5.75 Å². The first-order chi connectivity index (χ1) is 8.40. The third-order valence-corrected chi connectivity index (χ3v) is 4.19. The molecule has 0 aromatic heterocycles. The predicted molar refractivity (Wildman–Crippen MR) is 83.2 cm³/mol. The summed E-state index contributed by atoms with van der Waals surface area (Å²) in [6.45, 7) is 6.33. The summed E-state index contributed by atoms with van der Waals surface area (Å²) in [5.41, 5.74) is 6.09. The molecule has 2 aromatic carbocycles. The van der Waals surface area contributed by atoms with Crippen molar-refractivity contribution in [2.45, 2.75) is 20.8 Å². The fraction of sp³-hybridized carbons (Fsp3) is 0.200. The Labute approximate surface area is 124 Å². The van der Waals surface area contributed by atoms with Crippen molar-refractivity contribution in [2.24, 2.45) is 0 Å². The van der Waals surface area contributed by atoms with E-state index in [0.29, 0.717) is 8.95 Å². The topological polar surface area (TPSA) is 20.2 Å². The highest BCUT2D eigenvalue weighted by atomic mass is 79.9. The second-order valence-electron chi connectivity index (χ2n) is 4.56. The highest BCUT2D eigenvalue weighted by Gasteiger charge is 2.11. The smallest absolute Gasteiger partial charge is 0.143 e. The van der Waals surface area contributed by atoms with Crippen LogP contribution in [0.4, 0.5) is 0 Å². The molecule has 0 unspecified atom stereocenters. The van der Waals surface area contributed by atoms with E-state index in [-0.39, 0.29) is 5.75 Å². The Morgan fingerprint density at radius 2 is 1.28 bits per heavy atom. The van der Waals surface area contributed by atoms with Gasteiger partial charge in [-0.3, -0.25) is 0 Å². The molecular formula is C15H14Br2O. The fourth-order valence-electron chi connectivity index (χ4n) is 2.35. The van der Waals surface area contributed by atoms with Crippen molar-refractivity contribution in [3.63, 3.8) is 0 Å². The van der Waals surface area contributed by atoms with Gasteiger partial charge in [-0.05, 0) is 87.0 Å². The molecule has 0 bridgehead atoms. The predicted octanol–water partition coefficient (Wildman–Crippen LogP) is 5.51. The molecule has 0 radical (unpaired) electrons. The van der Waals surface area contributed by atoms with Crippen LogP contribution in [-0.4, -0.2) is 5.11 Å². The van der Waals surface area contributed by atoms with E-state index in [1.807, 2.05) is 12.1 Å². The Balaban J connectivity index is 2.70. The first-order valence-corrected chi connectivity index (χ1v) is 7.25. The van der Waals surface area contributed by atoms with Gasteiger partial charge in [0.15, 0.2) is 0 Å². The van der Waals surface area contributed by atoms with Gasteiger partial charge in [-0.1, -0.05) is 17.7 Å². The third-order valence-electron chi connectivity index (χ3n) is 2.98. The average molecular weight is 370 g/mol. The van der Waals surface area contributed by atoms with Gasteiger partial charge < -0.3 is 5.11 Å². The van der Waals surface area contributed by atoms with Crippen LogP contribution < -0.4 is 0 Å². The van der Waals surface area contributed by atoms with E-state index in [4.69, 9.17) is 0 Å². The molecule has 0 atom stereocenters. The number of rotatable bonds is 1. The van der Waals surface area contributed by atoms with Crippen molar-refractivity contribution in [1.82, 2.24) is 0 Å². The number of aryl methyl sites for hydroxylation is 3. The maximum atomic E-state index is 9.77. The van der Waals surface area contributed by atoms with E-state index >= 15 is 0 Å². The molecule has 0 saturated carbocycles. The molecule has 0 aliphatic heterocycles. The summed E-state index contributed by atoms with van der Waals surface area (Å²) in [6.07, 6.45) is 0. The van der Waals surface area contributed by atoms with Crippen molar-refractivity contribution >= 4 is 31.9 Å². The van der Waals surface area contributed by atoms with Crippen LogP contribution in [0.2, 0.25) is 0 Å². The Kier molecular flexibility index (Phi) is 3.83. The second kappa shape index (κ2) is 5.06. The number of aromatic hydroxyl groups is 1. The van der Waals surface area contributed by atoms with Gasteiger partial charge >= 0.3 is 0 Å². The van der Waals surface area contributed by atoms with Crippen LogP contribution in [0.3, 0.4) is 0 Å². The minimum Gasteiger partial charge on any atom is -0.506 e. The van der Waals surface area contributed by atoms with Gasteiger partial charge in [-0.15, -0.1) is 0 Å². The van der Waals surface area contributed by atoms with E-state index in [1.54, 1.807) is 0 Å². The Morgan fingerprint density at radius 1 is 0.833 bits per heavy atom. The highest BCUT2D eigenvalue weighted by Crippen LogP contribution is 2.38. The summed E-state index contributed by atoms with van der Waals surface area (Å²) in [5.74, 6) is 0.237. The summed E-state index contributed by atoms with van der Waals surface area (Å²) in [4.78, 5) is 0. The summed E-state index contributed by atoms with van der Waals surface area (Å²) >= 11 is 6.76. The molecule has 2 rings (SSSR count). The van der Waals surface area contributed by atoms with Crippen molar-refractivity contribution in [3.8, 4) is 16.9 Å². The minimum atomic E-state index is 0.237. The van der Waals surface area contributed by atoms with Crippen molar-refractivity contribution in [3.05, 3.63) is 49.9 Å². The van der Waals surface area contributed by atoms with Gasteiger partial charge in [0, 0.05) is 0 Å². The molecule has 0 aliphatic carbocycles. The van der Waals surface area contributed by atoms with Crippen LogP contribution >= 0.6 is 31.9 Å². The van der Waals surface area contributed by atoms with E-state index in [1.165, 1.54) is 22.3 Å². The standard InChI is InChI=1S/C15H14Br2O/c1-8-4-9(2)14(10(3)5-8)11-6-12(16)15(18)13(17)7-11/h4-7,18H,1-3H3. The average Bonchev–Trinajstić information content (AvgIpc) is 2.24. The van der Waals surface area contributed by atoms with E-state index < -0.39 is 0 Å². The molecule has 0 spiro atoms. The molecular weight excluding hydrogens is 356 g/mol. The molecule has 1 nitrogen and oxygen atoms in total. The molecule has 3 heteroatoms. The van der Waals surface area contributed by atoms with Gasteiger partial charge in [-0.2, -0.15) is 0 Å². The largest absolute Gasteiger partial charge is 0.506 e. The lowest BCUT2D eigenvalue weighted by atomic mass is 9.94. The van der Waals surface area contributed by atoms with Crippen LogP contribution in [0, 0.1) is 20.8 Å².